The lowest BCUT2D eigenvalue weighted by Crippen LogP contribution is -2.26. The molecule has 250 valence electrons. The van der Waals surface area contributed by atoms with Gasteiger partial charge in [0.25, 0.3) is 0 Å². The molecule has 8 aromatic rings. The molecular weight excluding hydrogens is 651 g/mol. The van der Waals surface area contributed by atoms with Crippen molar-refractivity contribution in [1.29, 1.82) is 0 Å². The first-order valence-electron chi connectivity index (χ1n) is 18.1. The van der Waals surface area contributed by atoms with Gasteiger partial charge in [0.15, 0.2) is 5.43 Å². The van der Waals surface area contributed by atoms with Gasteiger partial charge in [-0.2, -0.15) is 0 Å². The maximum absolute atomic E-state index is 14.0. The van der Waals surface area contributed by atoms with Crippen molar-refractivity contribution in [3.05, 3.63) is 195 Å². The molecule has 1 atom stereocenters. The molecule has 0 amide bonds. The lowest BCUT2D eigenvalue weighted by atomic mass is 9.70. The molecule has 1 aromatic heterocycles. The van der Waals surface area contributed by atoms with E-state index in [0.29, 0.717) is 0 Å². The quantitative estimate of drug-likeness (QED) is 0.172. The molecule has 0 saturated heterocycles. The molecule has 0 radical (unpaired) electrons. The summed E-state index contributed by atoms with van der Waals surface area (Å²) < 4.78 is 2.04. The first-order valence-corrected chi connectivity index (χ1v) is 18.9. The maximum atomic E-state index is 14.0. The van der Waals surface area contributed by atoms with Crippen molar-refractivity contribution in [2.24, 2.45) is 0 Å². The Morgan fingerprint density at radius 3 is 1.75 bits per heavy atom. The van der Waals surface area contributed by atoms with Crippen LogP contribution in [0.5, 0.6) is 0 Å². The van der Waals surface area contributed by atoms with E-state index in [1.165, 1.54) is 50.1 Å². The van der Waals surface area contributed by atoms with Gasteiger partial charge < -0.3 is 4.90 Å². The van der Waals surface area contributed by atoms with E-state index < -0.39 is 5.41 Å². The summed E-state index contributed by atoms with van der Waals surface area (Å²) in [4.78, 5) is 16.4. The zero-order valence-electron chi connectivity index (χ0n) is 29.7. The zero-order valence-corrected chi connectivity index (χ0v) is 30.5. The van der Waals surface area contributed by atoms with Crippen LogP contribution in [-0.2, 0) is 10.8 Å². The Morgan fingerprint density at radius 1 is 0.500 bits per heavy atom. The van der Waals surface area contributed by atoms with Gasteiger partial charge in [0, 0.05) is 37.2 Å². The Hall–Kier alpha value is -5.77. The van der Waals surface area contributed by atoms with Crippen molar-refractivity contribution in [2.45, 2.75) is 38.5 Å². The largest absolute Gasteiger partial charge is 0.310 e. The Labute approximate surface area is 308 Å². The van der Waals surface area contributed by atoms with Crippen LogP contribution in [0.4, 0.5) is 17.1 Å². The number of anilines is 3. The summed E-state index contributed by atoms with van der Waals surface area (Å²) in [6, 6.07) is 55.3. The lowest BCUT2D eigenvalue weighted by Gasteiger charge is -2.32. The van der Waals surface area contributed by atoms with Crippen LogP contribution >= 0.6 is 11.3 Å². The molecule has 0 N–H and O–H groups in total. The molecule has 1 heterocycles. The van der Waals surface area contributed by atoms with Crippen LogP contribution in [0.15, 0.2) is 156 Å². The van der Waals surface area contributed by atoms with Gasteiger partial charge in [-0.3, -0.25) is 4.79 Å². The predicted molar refractivity (Wildman–Crippen MR) is 220 cm³/mol. The minimum Gasteiger partial charge on any atom is -0.310 e. The highest BCUT2D eigenvalue weighted by Crippen LogP contribution is 2.64. The summed E-state index contributed by atoms with van der Waals surface area (Å²) in [5.74, 6) is 0. The van der Waals surface area contributed by atoms with Gasteiger partial charge in [0.2, 0.25) is 0 Å². The van der Waals surface area contributed by atoms with E-state index in [-0.39, 0.29) is 10.8 Å². The van der Waals surface area contributed by atoms with Gasteiger partial charge in [-0.1, -0.05) is 117 Å². The van der Waals surface area contributed by atoms with Crippen LogP contribution in [0, 0.1) is 6.92 Å². The van der Waals surface area contributed by atoms with Gasteiger partial charge in [0.05, 0.1) is 5.41 Å². The summed E-state index contributed by atoms with van der Waals surface area (Å²) in [5, 5.41) is 1.58. The fourth-order valence-electron chi connectivity index (χ4n) is 8.81. The third kappa shape index (κ3) is 4.33. The predicted octanol–water partition coefficient (Wildman–Crippen LogP) is 12.8. The number of nitrogens with zero attached hydrogens (tertiary/aromatic N) is 1. The van der Waals surface area contributed by atoms with Gasteiger partial charge >= 0.3 is 0 Å². The topological polar surface area (TPSA) is 20.3 Å². The molecule has 1 unspecified atom stereocenters. The van der Waals surface area contributed by atoms with Crippen molar-refractivity contribution in [3.63, 3.8) is 0 Å². The summed E-state index contributed by atoms with van der Waals surface area (Å²) in [6.45, 7) is 8.93. The average molecular weight is 688 g/mol. The molecule has 2 nitrogen and oxygen atoms in total. The van der Waals surface area contributed by atoms with Crippen molar-refractivity contribution in [2.75, 3.05) is 4.90 Å². The summed E-state index contributed by atoms with van der Waals surface area (Å²) in [5.41, 5.74) is 15.4. The second kappa shape index (κ2) is 11.1. The molecule has 3 heteroatoms. The summed E-state index contributed by atoms with van der Waals surface area (Å²) in [7, 11) is 0. The highest BCUT2D eigenvalue weighted by Gasteiger charge is 2.52. The molecule has 1 spiro atoms. The second-order valence-corrected chi connectivity index (χ2v) is 16.4. The fraction of sp³-hybridized carbons (Fsp3) is 0.122. The smallest absolute Gasteiger partial charge is 0.195 e. The SMILES string of the molecule is Cc1ccc(N(c2ccc(C(C)(C)C)cc2)c2ccc3c(c2)C2(c4ccccc4-3)c3ccccc3-c3cc4c(=O)c5ccccc5sc4cc32)cc1. The molecule has 0 fully saturated rings. The minimum atomic E-state index is -0.543. The maximum Gasteiger partial charge on any atom is 0.195 e. The van der Waals surface area contributed by atoms with E-state index in [0.717, 1.165) is 42.8 Å². The number of fused-ring (bicyclic) bond motifs is 12. The van der Waals surface area contributed by atoms with Crippen LogP contribution < -0.4 is 10.3 Å². The van der Waals surface area contributed by atoms with Gasteiger partial charge in [-0.15, -0.1) is 11.3 Å². The summed E-state index contributed by atoms with van der Waals surface area (Å²) in [6.07, 6.45) is 0. The molecule has 52 heavy (non-hydrogen) atoms. The van der Waals surface area contributed by atoms with Crippen LogP contribution in [0.2, 0.25) is 0 Å². The van der Waals surface area contributed by atoms with E-state index in [9.17, 15) is 4.79 Å². The van der Waals surface area contributed by atoms with Crippen LogP contribution in [0.3, 0.4) is 0 Å². The Morgan fingerprint density at radius 2 is 1.06 bits per heavy atom. The number of benzene rings is 7. The third-order valence-electron chi connectivity index (χ3n) is 11.3. The van der Waals surface area contributed by atoms with Gasteiger partial charge in [0.1, 0.15) is 0 Å². The molecular formula is C49H37NOS. The van der Waals surface area contributed by atoms with E-state index >= 15 is 0 Å². The number of aryl methyl sites for hydroxylation is 1. The van der Waals surface area contributed by atoms with Crippen molar-refractivity contribution in [1.82, 2.24) is 0 Å². The minimum absolute atomic E-state index is 0.0619. The van der Waals surface area contributed by atoms with Gasteiger partial charge in [-0.05, 0) is 123 Å². The van der Waals surface area contributed by atoms with Gasteiger partial charge in [-0.25, -0.2) is 0 Å². The Balaban J connectivity index is 1.27. The van der Waals surface area contributed by atoms with E-state index in [1.807, 2.05) is 18.2 Å². The summed E-state index contributed by atoms with van der Waals surface area (Å²) >= 11 is 1.71. The molecule has 7 aromatic carbocycles. The molecule has 10 rings (SSSR count). The second-order valence-electron chi connectivity index (χ2n) is 15.4. The van der Waals surface area contributed by atoms with Crippen LogP contribution in [-0.4, -0.2) is 0 Å². The first kappa shape index (κ1) is 31.0. The molecule has 0 bridgehead atoms. The highest BCUT2D eigenvalue weighted by molar-refractivity contribution is 7.24. The van der Waals surface area contributed by atoms with E-state index in [2.05, 4.69) is 166 Å². The number of hydrogen-bond acceptors (Lipinski definition) is 3. The molecule has 0 saturated carbocycles. The van der Waals surface area contributed by atoms with Crippen molar-refractivity contribution >= 4 is 48.6 Å². The third-order valence-corrected chi connectivity index (χ3v) is 12.4. The monoisotopic (exact) mass is 687 g/mol. The average Bonchev–Trinajstić information content (AvgIpc) is 3.61. The van der Waals surface area contributed by atoms with E-state index in [1.54, 1.807) is 11.3 Å². The molecule has 0 aliphatic heterocycles. The first-order chi connectivity index (χ1) is 25.2. The zero-order chi connectivity index (χ0) is 35.4. The standard InChI is InChI=1S/C49H37NOS/c1-30-17-21-32(22-18-30)50(33-23-19-31(20-24-33)48(2,3)4)34-25-26-37-35-11-5-8-14-41(35)49(43(37)27-34)42-15-9-6-12-36(42)39-28-40-46(29-44(39)49)52-45-16-10-7-13-38(45)47(40)51/h5-29H,1-4H3. The Kier molecular flexibility index (Phi) is 6.63. The molecule has 2 aliphatic rings. The number of rotatable bonds is 3. The lowest BCUT2D eigenvalue weighted by molar-refractivity contribution is 0.590. The fourth-order valence-corrected chi connectivity index (χ4v) is 9.90. The highest BCUT2D eigenvalue weighted by atomic mass is 32.1. The van der Waals surface area contributed by atoms with E-state index in [4.69, 9.17) is 0 Å². The van der Waals surface area contributed by atoms with Crippen LogP contribution in [0.1, 0.15) is 54.2 Å². The molecule has 2 aliphatic carbocycles. The van der Waals surface area contributed by atoms with Crippen molar-refractivity contribution < 1.29 is 0 Å². The number of hydrogen-bond donors (Lipinski definition) is 0. The Bertz CT molecular complexity index is 2800. The normalized spacial score (nSPS) is 15.5. The van der Waals surface area contributed by atoms with Crippen molar-refractivity contribution in [3.8, 4) is 22.3 Å². The van der Waals surface area contributed by atoms with Crippen LogP contribution in [0.25, 0.3) is 42.4 Å².